The van der Waals surface area contributed by atoms with E-state index < -0.39 is 11.7 Å². The maximum atomic E-state index is 11.8. The Bertz CT molecular complexity index is 563. The molecule has 7 nitrogen and oxygen atoms in total. The summed E-state index contributed by atoms with van der Waals surface area (Å²) >= 11 is 0. The van der Waals surface area contributed by atoms with E-state index in [-0.39, 0.29) is 18.9 Å². The van der Waals surface area contributed by atoms with E-state index in [9.17, 15) is 14.4 Å². The Labute approximate surface area is 110 Å². The van der Waals surface area contributed by atoms with Crippen molar-refractivity contribution in [3.8, 4) is 0 Å². The Morgan fingerprint density at radius 3 is 2.53 bits per heavy atom. The van der Waals surface area contributed by atoms with E-state index in [0.29, 0.717) is 23.5 Å². The number of aryl methyl sites for hydroxylation is 1. The molecule has 1 aromatic heterocycles. The number of nitrogens with one attached hydrogen (secondary N) is 1. The highest BCUT2D eigenvalue weighted by Crippen LogP contribution is 2.10. The van der Waals surface area contributed by atoms with Gasteiger partial charge >= 0.3 is 11.7 Å². The zero-order valence-corrected chi connectivity index (χ0v) is 11.2. The van der Waals surface area contributed by atoms with Crippen LogP contribution in [-0.2, 0) is 22.6 Å². The number of aliphatic carboxylic acids is 1. The molecule has 0 aliphatic heterocycles. The van der Waals surface area contributed by atoms with Crippen LogP contribution < -0.4 is 11.0 Å². The second-order valence-corrected chi connectivity index (χ2v) is 4.25. The number of rotatable bonds is 5. The molecule has 0 saturated carbocycles. The van der Waals surface area contributed by atoms with E-state index in [1.54, 1.807) is 13.8 Å². The summed E-state index contributed by atoms with van der Waals surface area (Å²) in [5.41, 5.74) is 1.11. The van der Waals surface area contributed by atoms with Crippen LogP contribution in [0.15, 0.2) is 4.79 Å². The third-order valence-electron chi connectivity index (χ3n) is 2.81. The van der Waals surface area contributed by atoms with Crippen molar-refractivity contribution in [2.24, 2.45) is 0 Å². The second-order valence-electron chi connectivity index (χ2n) is 4.25. The van der Waals surface area contributed by atoms with Crippen molar-refractivity contribution in [1.82, 2.24) is 14.9 Å². The summed E-state index contributed by atoms with van der Waals surface area (Å²) in [6.07, 6.45) is -0.176. The number of carbonyl (C=O) groups is 2. The van der Waals surface area contributed by atoms with Gasteiger partial charge in [-0.25, -0.2) is 4.79 Å². The highest BCUT2D eigenvalue weighted by atomic mass is 16.4. The number of carbonyl (C=O) groups excluding carboxylic acids is 1. The number of amides is 1. The third-order valence-corrected chi connectivity index (χ3v) is 2.81. The molecule has 0 aliphatic rings. The van der Waals surface area contributed by atoms with Gasteiger partial charge in [-0.1, -0.05) is 0 Å². The van der Waals surface area contributed by atoms with E-state index in [1.807, 2.05) is 0 Å². The maximum Gasteiger partial charge on any atom is 0.348 e. The molecule has 0 aromatic carbocycles. The van der Waals surface area contributed by atoms with E-state index in [4.69, 9.17) is 5.11 Å². The molecule has 2 N–H and O–H groups in total. The van der Waals surface area contributed by atoms with Gasteiger partial charge in [0.15, 0.2) is 0 Å². The molecule has 1 amide bonds. The number of hydrogen-bond donors (Lipinski definition) is 2. The van der Waals surface area contributed by atoms with Crippen LogP contribution in [0.2, 0.25) is 0 Å². The van der Waals surface area contributed by atoms with Crippen molar-refractivity contribution >= 4 is 11.9 Å². The quantitative estimate of drug-likeness (QED) is 0.757. The molecular formula is C12H17N3O4. The molecule has 0 atom stereocenters. The van der Waals surface area contributed by atoms with Crippen molar-refractivity contribution in [3.05, 3.63) is 27.4 Å². The van der Waals surface area contributed by atoms with Gasteiger partial charge in [0.05, 0.1) is 6.42 Å². The maximum absolute atomic E-state index is 11.8. The lowest BCUT2D eigenvalue weighted by atomic mass is 10.1. The largest absolute Gasteiger partial charge is 0.481 e. The lowest BCUT2D eigenvalue weighted by Gasteiger charge is -2.14. The first kappa shape index (κ1) is 14.9. The molecule has 0 bridgehead atoms. The van der Waals surface area contributed by atoms with Gasteiger partial charge in [-0.15, -0.1) is 0 Å². The predicted octanol–water partition coefficient (Wildman–Crippen LogP) is -0.377. The zero-order valence-electron chi connectivity index (χ0n) is 11.2. The van der Waals surface area contributed by atoms with E-state index in [2.05, 4.69) is 10.3 Å². The standard InChI is InChI=1S/C12H17N3O4/c1-7-10(6-11(17)18)8(2)15(12(19)14-7)5-4-13-9(3)16/h4-6H2,1-3H3,(H,13,16)(H,17,18). The van der Waals surface area contributed by atoms with Crippen molar-refractivity contribution in [2.75, 3.05) is 6.54 Å². The Kier molecular flexibility index (Phi) is 4.80. The summed E-state index contributed by atoms with van der Waals surface area (Å²) in [6, 6.07) is 0. The second kappa shape index (κ2) is 6.12. The van der Waals surface area contributed by atoms with Gasteiger partial charge < -0.3 is 10.4 Å². The van der Waals surface area contributed by atoms with E-state index in [1.165, 1.54) is 11.5 Å². The van der Waals surface area contributed by atoms with Crippen LogP contribution >= 0.6 is 0 Å². The first-order chi connectivity index (χ1) is 8.82. The van der Waals surface area contributed by atoms with Crippen molar-refractivity contribution in [2.45, 2.75) is 33.7 Å². The minimum absolute atomic E-state index is 0.176. The topological polar surface area (TPSA) is 101 Å². The fraction of sp³-hybridized carbons (Fsp3) is 0.500. The number of nitrogens with zero attached hydrogens (tertiary/aromatic N) is 2. The van der Waals surface area contributed by atoms with Crippen LogP contribution in [0, 0.1) is 13.8 Å². The molecule has 104 valence electrons. The molecule has 0 aliphatic carbocycles. The monoisotopic (exact) mass is 267 g/mol. The van der Waals surface area contributed by atoms with Gasteiger partial charge in [0.2, 0.25) is 5.91 Å². The van der Waals surface area contributed by atoms with Crippen molar-refractivity contribution < 1.29 is 14.7 Å². The lowest BCUT2D eigenvalue weighted by Crippen LogP contribution is -2.33. The minimum atomic E-state index is -0.972. The highest BCUT2D eigenvalue weighted by molar-refractivity contribution is 5.72. The van der Waals surface area contributed by atoms with Gasteiger partial charge in [0, 0.05) is 37.0 Å². The van der Waals surface area contributed by atoms with E-state index >= 15 is 0 Å². The number of carboxylic acids is 1. The van der Waals surface area contributed by atoms with Crippen LogP contribution in [0.3, 0.4) is 0 Å². The Morgan fingerprint density at radius 2 is 2.00 bits per heavy atom. The fourth-order valence-corrected chi connectivity index (χ4v) is 1.85. The Morgan fingerprint density at radius 1 is 1.37 bits per heavy atom. The predicted molar refractivity (Wildman–Crippen MR) is 68.0 cm³/mol. The highest BCUT2D eigenvalue weighted by Gasteiger charge is 2.13. The SMILES string of the molecule is CC(=O)NCCn1c(C)c(CC(=O)O)c(C)nc1=O. The lowest BCUT2D eigenvalue weighted by molar-refractivity contribution is -0.136. The molecule has 1 heterocycles. The average molecular weight is 267 g/mol. The molecule has 0 saturated heterocycles. The molecule has 0 fully saturated rings. The molecular weight excluding hydrogens is 250 g/mol. The fourth-order valence-electron chi connectivity index (χ4n) is 1.85. The molecule has 0 unspecified atom stereocenters. The first-order valence-corrected chi connectivity index (χ1v) is 5.86. The normalized spacial score (nSPS) is 10.3. The molecule has 1 aromatic rings. The number of aromatic nitrogens is 2. The van der Waals surface area contributed by atoms with Gasteiger partial charge in [0.1, 0.15) is 0 Å². The molecule has 0 spiro atoms. The number of hydrogen-bond acceptors (Lipinski definition) is 4. The van der Waals surface area contributed by atoms with Crippen LogP contribution in [0.25, 0.3) is 0 Å². The minimum Gasteiger partial charge on any atom is -0.481 e. The van der Waals surface area contributed by atoms with Gasteiger partial charge in [-0.3, -0.25) is 14.2 Å². The van der Waals surface area contributed by atoms with E-state index in [0.717, 1.165) is 0 Å². The summed E-state index contributed by atoms with van der Waals surface area (Å²) in [5.74, 6) is -1.16. The zero-order chi connectivity index (χ0) is 14.6. The summed E-state index contributed by atoms with van der Waals surface area (Å²) in [7, 11) is 0. The first-order valence-electron chi connectivity index (χ1n) is 5.86. The average Bonchev–Trinajstić information content (AvgIpc) is 2.28. The Balaban J connectivity index is 3.06. The summed E-state index contributed by atoms with van der Waals surface area (Å²) < 4.78 is 1.38. The number of carboxylic acid groups (broad SMARTS) is 1. The van der Waals surface area contributed by atoms with Gasteiger partial charge in [-0.2, -0.15) is 4.98 Å². The Hall–Kier alpha value is -2.18. The summed E-state index contributed by atoms with van der Waals surface area (Å²) in [5, 5.41) is 11.4. The van der Waals surface area contributed by atoms with Gasteiger partial charge in [-0.05, 0) is 13.8 Å². The van der Waals surface area contributed by atoms with Crippen LogP contribution in [0.1, 0.15) is 23.9 Å². The third kappa shape index (κ3) is 3.90. The van der Waals surface area contributed by atoms with Gasteiger partial charge in [0.25, 0.3) is 0 Å². The smallest absolute Gasteiger partial charge is 0.348 e. The van der Waals surface area contributed by atoms with Crippen molar-refractivity contribution in [1.29, 1.82) is 0 Å². The molecule has 7 heteroatoms. The summed E-state index contributed by atoms with van der Waals surface area (Å²) in [4.78, 5) is 37.2. The molecule has 0 radical (unpaired) electrons. The van der Waals surface area contributed by atoms with Crippen molar-refractivity contribution in [3.63, 3.8) is 0 Å². The molecule has 1 rings (SSSR count). The summed E-state index contributed by atoms with van der Waals surface area (Å²) in [6.45, 7) is 5.25. The van der Waals surface area contributed by atoms with Crippen LogP contribution in [0.5, 0.6) is 0 Å². The van der Waals surface area contributed by atoms with Crippen LogP contribution in [0.4, 0.5) is 0 Å². The molecule has 19 heavy (non-hydrogen) atoms. The van der Waals surface area contributed by atoms with Crippen LogP contribution in [-0.4, -0.2) is 33.1 Å².